The van der Waals surface area contributed by atoms with Gasteiger partial charge in [-0.3, -0.25) is 19.0 Å². The summed E-state index contributed by atoms with van der Waals surface area (Å²) < 4.78 is 3.28. The van der Waals surface area contributed by atoms with Gasteiger partial charge in [-0.05, 0) is 12.8 Å². The number of carbonyl (C=O) groups excluding carboxylic acids is 2. The van der Waals surface area contributed by atoms with Crippen molar-refractivity contribution < 1.29 is 12.4 Å². The van der Waals surface area contributed by atoms with Gasteiger partial charge in [-0.1, -0.05) is 38.1 Å². The van der Waals surface area contributed by atoms with E-state index in [9.17, 15) is 9.59 Å². The number of hydrogen-bond donors (Lipinski definition) is 0. The zero-order valence-corrected chi connectivity index (χ0v) is 14.6. The van der Waals surface area contributed by atoms with Gasteiger partial charge in [0.1, 0.15) is 11.4 Å². The molecule has 0 fully saturated rings. The molecule has 0 aliphatic carbocycles. The van der Waals surface area contributed by atoms with E-state index in [-0.39, 0.29) is 8.64 Å². The number of carbonyl (C=O) groups is 2. The molecule has 0 atom stereocenters. The molecule has 0 aliphatic heterocycles. The Morgan fingerprint density at radius 1 is 1.04 bits per heavy atom. The van der Waals surface area contributed by atoms with Crippen LogP contribution < -0.4 is 0 Å². The molecule has 2 heterocycles. The molecule has 2 rings (SSSR count). The van der Waals surface area contributed by atoms with Crippen molar-refractivity contribution in [2.24, 2.45) is 0 Å². The summed E-state index contributed by atoms with van der Waals surface area (Å²) in [6.45, 7) is 10.8. The molecule has 0 saturated heterocycles. The molecule has 132 valence electrons. The Morgan fingerprint density at radius 3 is 2.00 bits per heavy atom. The van der Waals surface area contributed by atoms with Gasteiger partial charge in [0.2, 0.25) is 0 Å². The maximum absolute atomic E-state index is 11.0. The van der Waals surface area contributed by atoms with Crippen molar-refractivity contribution in [1.82, 2.24) is 30.0 Å². The minimum atomic E-state index is -0.0877. The predicted molar refractivity (Wildman–Crippen MR) is 91.6 cm³/mol. The average molecular weight is 326 g/mol. The first-order valence-electron chi connectivity index (χ1n) is 7.95. The summed E-state index contributed by atoms with van der Waals surface area (Å²) in [5.74, 6) is -0.0877. The van der Waals surface area contributed by atoms with Crippen molar-refractivity contribution in [3.05, 3.63) is 23.8 Å². The zero-order valence-electron chi connectivity index (χ0n) is 14.6. The average Bonchev–Trinajstić information content (AvgIpc) is 3.25. The molecule has 2 aromatic rings. The van der Waals surface area contributed by atoms with Gasteiger partial charge >= 0.3 is 0 Å². The van der Waals surface area contributed by atoms with Gasteiger partial charge in [0.15, 0.2) is 12.1 Å². The number of aldehydes is 1. The van der Waals surface area contributed by atoms with Crippen molar-refractivity contribution in [2.45, 2.75) is 60.5 Å². The van der Waals surface area contributed by atoms with Crippen LogP contribution in [-0.2, 0) is 13.1 Å². The Labute approximate surface area is 139 Å². The maximum atomic E-state index is 11.0. The van der Waals surface area contributed by atoms with Gasteiger partial charge in [0.05, 0.1) is 12.4 Å². The normalized spacial score (nSPS) is 9.26. The summed E-state index contributed by atoms with van der Waals surface area (Å²) >= 11 is 0. The van der Waals surface area contributed by atoms with Crippen molar-refractivity contribution >= 4 is 12.1 Å². The van der Waals surface area contributed by atoms with Gasteiger partial charge in [-0.15, -0.1) is 10.2 Å². The van der Waals surface area contributed by atoms with E-state index in [2.05, 4.69) is 20.6 Å². The third-order valence-electron chi connectivity index (χ3n) is 2.60. The summed E-state index contributed by atoms with van der Waals surface area (Å²) in [4.78, 5) is 21.5. The molecule has 0 N–H and O–H groups in total. The molecule has 0 aromatic carbocycles. The van der Waals surface area contributed by atoms with Crippen LogP contribution in [0.25, 0.3) is 0 Å². The number of aromatic nitrogens is 6. The van der Waals surface area contributed by atoms with Crippen molar-refractivity contribution in [2.75, 3.05) is 0 Å². The molecule has 0 amide bonds. The molecule has 0 saturated carbocycles. The van der Waals surface area contributed by atoms with Crippen LogP contribution in [0.4, 0.5) is 0 Å². The van der Waals surface area contributed by atoms with Crippen molar-refractivity contribution in [3.8, 4) is 0 Å². The van der Waals surface area contributed by atoms with Crippen LogP contribution in [0.3, 0.4) is 0 Å². The molecule has 23 heavy (non-hydrogen) atoms. The van der Waals surface area contributed by atoms with Gasteiger partial charge in [-0.2, -0.15) is 0 Å². The maximum Gasteiger partial charge on any atom is 0.181 e. The SMILES string of the molecule is CC.CC.CC(=O)c1cn(CCCCn2cc(C=O)nn2)nn1.[HH].[HH]. The van der Waals surface area contributed by atoms with Crippen molar-refractivity contribution in [1.29, 1.82) is 0 Å². The monoisotopic (exact) mass is 326 g/mol. The smallest absolute Gasteiger partial charge is 0.181 e. The summed E-state index contributed by atoms with van der Waals surface area (Å²) in [6, 6.07) is 0. The van der Waals surface area contributed by atoms with E-state index in [0.717, 1.165) is 12.8 Å². The Morgan fingerprint density at radius 2 is 1.57 bits per heavy atom. The lowest BCUT2D eigenvalue weighted by molar-refractivity contribution is 0.101. The van der Waals surface area contributed by atoms with Crippen molar-refractivity contribution in [3.63, 3.8) is 0 Å². The number of unbranched alkanes of at least 4 members (excludes halogenated alkanes) is 1. The van der Waals surface area contributed by atoms with Gasteiger partial charge < -0.3 is 0 Å². The van der Waals surface area contributed by atoms with Gasteiger partial charge in [-0.25, -0.2) is 0 Å². The lowest BCUT2D eigenvalue weighted by Gasteiger charge is -2.00. The van der Waals surface area contributed by atoms with Crippen LogP contribution in [-0.4, -0.2) is 42.1 Å². The number of ketones is 1. The van der Waals surface area contributed by atoms with E-state index in [1.807, 2.05) is 27.7 Å². The Kier molecular flexibility index (Phi) is 10.9. The Hall–Kier alpha value is -2.38. The Bertz CT molecular complexity index is 586. The molecule has 8 nitrogen and oxygen atoms in total. The number of hydrogen-bond acceptors (Lipinski definition) is 6. The van der Waals surface area contributed by atoms with Gasteiger partial charge in [0, 0.05) is 22.9 Å². The van der Waals surface area contributed by atoms with E-state index < -0.39 is 0 Å². The third-order valence-corrected chi connectivity index (χ3v) is 2.60. The lowest BCUT2D eigenvalue weighted by Crippen LogP contribution is -2.03. The Balaban J connectivity index is -0.000000752. The fourth-order valence-corrected chi connectivity index (χ4v) is 1.59. The summed E-state index contributed by atoms with van der Waals surface area (Å²) in [6.07, 6.45) is 5.66. The molecule has 8 heteroatoms. The fraction of sp³-hybridized carbons (Fsp3) is 0.600. The number of rotatable bonds is 7. The number of Topliss-reactive ketones (excluding diaryl/α,β-unsaturated/α-hetero) is 1. The zero-order chi connectivity index (χ0) is 17.7. The molecular formula is C15H30N6O2. The molecule has 0 radical (unpaired) electrons. The quantitative estimate of drug-likeness (QED) is 0.441. The summed E-state index contributed by atoms with van der Waals surface area (Å²) in [5, 5.41) is 15.1. The first kappa shape index (κ1) is 20.6. The second-order valence-corrected chi connectivity index (χ2v) is 4.15. The van der Waals surface area contributed by atoms with Crippen LogP contribution in [0.2, 0.25) is 0 Å². The highest BCUT2D eigenvalue weighted by atomic mass is 16.1. The second kappa shape index (κ2) is 12.2. The van der Waals surface area contributed by atoms with Crippen LogP contribution >= 0.6 is 0 Å². The van der Waals surface area contributed by atoms with Crippen LogP contribution in [0.5, 0.6) is 0 Å². The fourth-order valence-electron chi connectivity index (χ4n) is 1.59. The molecule has 0 aliphatic rings. The molecule has 2 aromatic heterocycles. The largest absolute Gasteiger partial charge is 0.296 e. The van der Waals surface area contributed by atoms with E-state index in [1.165, 1.54) is 6.92 Å². The van der Waals surface area contributed by atoms with E-state index in [4.69, 9.17) is 0 Å². The van der Waals surface area contributed by atoms with Crippen LogP contribution in [0, 0.1) is 0 Å². The minimum absolute atomic E-state index is 0. The lowest BCUT2D eigenvalue weighted by atomic mass is 10.3. The van der Waals surface area contributed by atoms with E-state index in [0.29, 0.717) is 30.8 Å². The molecule has 0 spiro atoms. The molecular weight excluding hydrogens is 296 g/mol. The highest BCUT2D eigenvalue weighted by Crippen LogP contribution is 2.00. The van der Waals surface area contributed by atoms with Gasteiger partial charge in [0.25, 0.3) is 0 Å². The highest BCUT2D eigenvalue weighted by molar-refractivity contribution is 5.91. The first-order chi connectivity index (χ1) is 11.2. The van der Waals surface area contributed by atoms with Crippen LogP contribution in [0.15, 0.2) is 12.4 Å². The topological polar surface area (TPSA) is 95.6 Å². The highest BCUT2D eigenvalue weighted by Gasteiger charge is 2.04. The summed E-state index contributed by atoms with van der Waals surface area (Å²) in [5.41, 5.74) is 0.717. The molecule has 0 bridgehead atoms. The standard InChI is InChI=1S/C11H14N6O2.2C2H6.2H2/c1-9(19)11-7-17(15-13-11)5-3-2-4-16-6-10(8-18)12-14-16;2*1-2;;/h6-8H,2-5H2,1H3;2*1-2H3;2*1H. The second-order valence-electron chi connectivity index (χ2n) is 4.15. The summed E-state index contributed by atoms with van der Waals surface area (Å²) in [7, 11) is 0. The number of aryl methyl sites for hydroxylation is 2. The number of nitrogens with zero attached hydrogens (tertiary/aromatic N) is 6. The van der Waals surface area contributed by atoms with Crippen LogP contribution in [0.1, 0.15) is 71.3 Å². The molecule has 0 unspecified atom stereocenters. The third kappa shape index (κ3) is 7.44. The van der Waals surface area contributed by atoms with E-state index >= 15 is 0 Å². The van der Waals surface area contributed by atoms with E-state index in [1.54, 1.807) is 21.8 Å². The minimum Gasteiger partial charge on any atom is -0.296 e. The predicted octanol–water partition coefficient (Wildman–Crippen LogP) is 2.91. The first-order valence-corrected chi connectivity index (χ1v) is 7.95.